The lowest BCUT2D eigenvalue weighted by Crippen LogP contribution is -2.41. The van der Waals surface area contributed by atoms with Gasteiger partial charge in [-0.15, -0.1) is 0 Å². The molecule has 3 heterocycles. The molecular formula is C84H74BClN6O2. The molecule has 0 N–H and O–H groups in total. The Hall–Kier alpha value is -9.51. The highest BCUT2D eigenvalue weighted by Gasteiger charge is 2.53. The lowest BCUT2D eigenvalue weighted by molar-refractivity contribution is 0.00578. The molecule has 2 aromatic heterocycles. The van der Waals surface area contributed by atoms with Gasteiger partial charge in [0, 0.05) is 49.2 Å². The van der Waals surface area contributed by atoms with Crippen molar-refractivity contribution in [2.24, 2.45) is 0 Å². The second-order valence-electron chi connectivity index (χ2n) is 26.7. The van der Waals surface area contributed by atoms with Gasteiger partial charge in [0.2, 0.25) is 0 Å². The highest BCUT2D eigenvalue weighted by Crippen LogP contribution is 2.57. The molecule has 0 amide bonds. The molecule has 5 aliphatic rings. The fourth-order valence-corrected chi connectivity index (χ4v) is 15.2. The van der Waals surface area contributed by atoms with Crippen LogP contribution in [0.5, 0.6) is 0 Å². The first-order valence-corrected chi connectivity index (χ1v) is 33.7. The molecule has 17 rings (SSSR count). The summed E-state index contributed by atoms with van der Waals surface area (Å²) in [6, 6.07) is 88.4. The molecule has 462 valence electrons. The predicted octanol–water partition coefficient (Wildman–Crippen LogP) is 20.5. The Kier molecular flexibility index (Phi) is 16.4. The van der Waals surface area contributed by atoms with E-state index in [4.69, 9.17) is 35.9 Å². The van der Waals surface area contributed by atoms with Crippen molar-refractivity contribution in [2.45, 2.75) is 114 Å². The van der Waals surface area contributed by atoms with Crippen LogP contribution >= 0.6 is 11.6 Å². The monoisotopic (exact) mass is 1240 g/mol. The van der Waals surface area contributed by atoms with Crippen molar-refractivity contribution in [1.29, 1.82) is 0 Å². The van der Waals surface area contributed by atoms with Gasteiger partial charge in [-0.3, -0.25) is 0 Å². The fraction of sp³-hybridized carbons (Fsp3) is 0.214. The van der Waals surface area contributed by atoms with Crippen LogP contribution in [-0.4, -0.2) is 48.2 Å². The van der Waals surface area contributed by atoms with Crippen molar-refractivity contribution in [3.63, 3.8) is 0 Å². The van der Waals surface area contributed by atoms with E-state index in [0.29, 0.717) is 40.0 Å². The largest absolute Gasteiger partial charge is 0.494 e. The maximum Gasteiger partial charge on any atom is 0.494 e. The van der Waals surface area contributed by atoms with E-state index in [9.17, 15) is 0 Å². The average Bonchev–Trinajstić information content (AvgIpc) is 1.57. The number of halogens is 1. The Morgan fingerprint density at radius 2 is 0.617 bits per heavy atom. The Morgan fingerprint density at radius 1 is 0.287 bits per heavy atom. The summed E-state index contributed by atoms with van der Waals surface area (Å²) in [6.07, 6.45) is 12.9. The quantitative estimate of drug-likeness (QED) is 0.139. The first-order valence-electron chi connectivity index (χ1n) is 33.4. The molecule has 0 unspecified atom stereocenters. The molecule has 3 fully saturated rings. The van der Waals surface area contributed by atoms with E-state index in [1.54, 1.807) is 0 Å². The zero-order valence-electron chi connectivity index (χ0n) is 53.8. The lowest BCUT2D eigenvalue weighted by Gasteiger charge is -2.36. The lowest BCUT2D eigenvalue weighted by atomic mass is 9.66. The van der Waals surface area contributed by atoms with Crippen LogP contribution in [0.25, 0.3) is 102 Å². The van der Waals surface area contributed by atoms with Crippen molar-refractivity contribution in [1.82, 2.24) is 29.9 Å². The molecule has 0 radical (unpaired) electrons. The highest BCUT2D eigenvalue weighted by molar-refractivity contribution is 6.62. The second-order valence-corrected chi connectivity index (χ2v) is 27.1. The van der Waals surface area contributed by atoms with Crippen LogP contribution < -0.4 is 5.46 Å². The molecule has 0 bridgehead atoms. The topological polar surface area (TPSA) is 95.8 Å². The van der Waals surface area contributed by atoms with Gasteiger partial charge < -0.3 is 9.31 Å². The number of aromatic nitrogens is 6. The van der Waals surface area contributed by atoms with Gasteiger partial charge in [-0.05, 0) is 139 Å². The summed E-state index contributed by atoms with van der Waals surface area (Å²) >= 11 is 6.14. The van der Waals surface area contributed by atoms with Crippen molar-refractivity contribution < 1.29 is 9.31 Å². The van der Waals surface area contributed by atoms with Crippen molar-refractivity contribution >= 4 is 24.2 Å². The van der Waals surface area contributed by atoms with E-state index in [1.807, 2.05) is 146 Å². The van der Waals surface area contributed by atoms with Gasteiger partial charge in [0.05, 0.1) is 11.2 Å². The van der Waals surface area contributed by atoms with Crippen molar-refractivity contribution in [3.8, 4) is 102 Å². The first kappa shape index (κ1) is 60.7. The van der Waals surface area contributed by atoms with Crippen LogP contribution in [-0.2, 0) is 20.1 Å². The van der Waals surface area contributed by atoms with E-state index in [1.165, 1.54) is 120 Å². The Labute approximate surface area is 557 Å². The summed E-state index contributed by atoms with van der Waals surface area (Å²) in [5.41, 5.74) is 20.7. The third-order valence-electron chi connectivity index (χ3n) is 20.4. The molecule has 1 saturated heterocycles. The van der Waals surface area contributed by atoms with Gasteiger partial charge in [0.15, 0.2) is 34.9 Å². The summed E-state index contributed by atoms with van der Waals surface area (Å²) in [4.78, 5) is 28.8. The molecule has 0 atom stereocenters. The molecule has 12 aromatic rings. The predicted molar refractivity (Wildman–Crippen MR) is 383 cm³/mol. The van der Waals surface area contributed by atoms with Crippen molar-refractivity contribution in [3.05, 3.63) is 282 Å². The molecule has 94 heavy (non-hydrogen) atoms. The van der Waals surface area contributed by atoms with Crippen LogP contribution in [0, 0.1) is 0 Å². The van der Waals surface area contributed by atoms with Gasteiger partial charge in [0.1, 0.15) is 0 Å². The smallest absolute Gasteiger partial charge is 0.399 e. The number of nitrogens with zero attached hydrogens (tertiary/aromatic N) is 6. The van der Waals surface area contributed by atoms with E-state index in [0.717, 1.165) is 38.8 Å². The molecule has 10 heteroatoms. The fourth-order valence-electron chi connectivity index (χ4n) is 15.0. The van der Waals surface area contributed by atoms with Crippen LogP contribution in [0.1, 0.15) is 114 Å². The van der Waals surface area contributed by atoms with E-state index in [2.05, 4.69) is 152 Å². The van der Waals surface area contributed by atoms with Gasteiger partial charge >= 0.3 is 7.12 Å². The highest BCUT2D eigenvalue weighted by atomic mass is 35.5. The van der Waals surface area contributed by atoms with Crippen LogP contribution in [0.15, 0.2) is 255 Å². The Morgan fingerprint density at radius 3 is 1.05 bits per heavy atom. The molecule has 4 aliphatic carbocycles. The van der Waals surface area contributed by atoms with E-state index in [-0.39, 0.29) is 29.2 Å². The standard InChI is InChI=1S/C39H31N3.C24H29BO2.C21H14ClN3/c1-4-13-27(14-5-1)36-40-37(28-15-6-2-7-16-28)42-38(41-36)31-18-12-17-29(25-31)30-21-22-33-32-19-8-9-20-34(32)39(35(33)26-30)23-10-3-11-24-39;1-22(2)23(3,4)27-25(26-22)17-12-13-19-18-10-6-7-11-20(18)24(21(19)16-17)14-8-5-9-15-24;22-18-13-7-12-17(14-18)21-24-19(15-8-3-1-4-9-15)23-20(25-21)16-10-5-2-6-11-16/h1-2,4-9,12-22,25-26H,3,10-11,23-24H2;6-7,10-13,16H,5,8-9,14-15H2,1-4H3;1-14H. The number of hydrogen-bond donors (Lipinski definition) is 0. The minimum absolute atomic E-state index is 0.140. The minimum Gasteiger partial charge on any atom is -0.399 e. The maximum absolute atomic E-state index is 6.34. The SMILES string of the molecule is CC1(C)OB(c2ccc3c(c2)C2(CCCCC2)c2ccccc2-3)OC1(C)C.Clc1cccc(-c2nc(-c3ccccc3)nc(-c3ccccc3)n2)c1.c1ccc(-c2nc(-c3ccccc3)nc(-c3cccc(-c4ccc5c(c4)C4(CCCCC4)c4ccccc4-5)c3)n2)cc1. The summed E-state index contributed by atoms with van der Waals surface area (Å²) in [5, 5.41) is 0.653. The minimum atomic E-state index is -0.303. The second kappa shape index (κ2) is 25.4. The molecule has 10 aromatic carbocycles. The van der Waals surface area contributed by atoms with Gasteiger partial charge in [-0.25, -0.2) is 29.9 Å². The summed E-state index contributed by atoms with van der Waals surface area (Å²) < 4.78 is 12.7. The molecule has 2 spiro atoms. The zero-order chi connectivity index (χ0) is 63.9. The third-order valence-corrected chi connectivity index (χ3v) is 20.7. The van der Waals surface area contributed by atoms with Crippen LogP contribution in [0.4, 0.5) is 0 Å². The summed E-state index contributed by atoms with van der Waals surface area (Å²) in [7, 11) is -0.287. The zero-order valence-corrected chi connectivity index (χ0v) is 54.5. The van der Waals surface area contributed by atoms with E-state index >= 15 is 0 Å². The summed E-state index contributed by atoms with van der Waals surface area (Å²) in [5.74, 6) is 3.93. The molecule has 1 aliphatic heterocycles. The number of fused-ring (bicyclic) bond motifs is 10. The van der Waals surface area contributed by atoms with Crippen molar-refractivity contribution in [2.75, 3.05) is 0 Å². The maximum atomic E-state index is 6.34. The molecular weight excluding hydrogens is 1170 g/mol. The van der Waals surface area contributed by atoms with Crippen LogP contribution in [0.3, 0.4) is 0 Å². The number of hydrogen-bond acceptors (Lipinski definition) is 8. The number of benzene rings is 10. The number of rotatable bonds is 8. The summed E-state index contributed by atoms with van der Waals surface area (Å²) in [6.45, 7) is 8.50. The Bertz CT molecular complexity index is 4590. The van der Waals surface area contributed by atoms with Gasteiger partial charge in [-0.1, -0.05) is 281 Å². The normalized spacial score (nSPS) is 16.4. The van der Waals surface area contributed by atoms with Gasteiger partial charge in [-0.2, -0.15) is 0 Å². The Balaban J connectivity index is 0.000000122. The van der Waals surface area contributed by atoms with Gasteiger partial charge in [0.25, 0.3) is 0 Å². The molecule has 8 nitrogen and oxygen atoms in total. The van der Waals surface area contributed by atoms with E-state index < -0.39 is 0 Å². The van der Waals surface area contributed by atoms with Crippen LogP contribution in [0.2, 0.25) is 5.02 Å². The molecule has 2 saturated carbocycles. The first-order chi connectivity index (χ1) is 45.9. The average molecular weight is 1250 g/mol. The third kappa shape index (κ3) is 11.6.